The van der Waals surface area contributed by atoms with Crippen molar-refractivity contribution in [2.24, 2.45) is 0 Å². The number of carbonyl (C=O) groups is 1. The topological polar surface area (TPSA) is 54.9 Å². The summed E-state index contributed by atoms with van der Waals surface area (Å²) in [5.41, 5.74) is 0.771. The average molecular weight is 440 g/mol. The van der Waals surface area contributed by atoms with E-state index in [0.29, 0.717) is 32.4 Å². The number of anilines is 1. The highest BCUT2D eigenvalue weighted by Gasteiger charge is 2.23. The number of nitrogens with zero attached hydrogens (tertiary/aromatic N) is 3. The number of rotatable bonds is 8. The molecule has 1 aromatic carbocycles. The first kappa shape index (κ1) is 20.9. The monoisotopic (exact) mass is 439 g/mol. The zero-order valence-electron chi connectivity index (χ0n) is 16.2. The molecule has 2 heterocycles. The fraction of sp³-hybridized carbons (Fsp3) is 0.368. The minimum absolute atomic E-state index is 0.0892. The van der Waals surface area contributed by atoms with Crippen molar-refractivity contribution in [3.63, 3.8) is 0 Å². The molecule has 3 aromatic rings. The van der Waals surface area contributed by atoms with E-state index in [1.54, 1.807) is 31.3 Å². The molecule has 0 radical (unpaired) electrons. The van der Waals surface area contributed by atoms with Crippen LogP contribution in [0.25, 0.3) is 10.2 Å². The molecule has 0 N–H and O–H groups in total. The van der Waals surface area contributed by atoms with Gasteiger partial charge in [-0.3, -0.25) is 9.69 Å². The molecule has 0 unspecified atom stereocenters. The number of hydrogen-bond acceptors (Lipinski definition) is 7. The number of halogens is 1. The standard InChI is InChI=1S/C19H22ClN3O3S2/c1-22(2)8-5-9-23(18(24)15-6-7-17(20)27-15)19-21-12-10-13(25-3)14(26-4)11-16(12)28-19/h6-7,10-11H,5,8-9H2,1-4H3. The lowest BCUT2D eigenvalue weighted by Crippen LogP contribution is -2.32. The average Bonchev–Trinajstić information content (AvgIpc) is 3.28. The third kappa shape index (κ3) is 4.57. The Balaban J connectivity index is 1.97. The van der Waals surface area contributed by atoms with Gasteiger partial charge in [0.05, 0.1) is 33.6 Å². The van der Waals surface area contributed by atoms with Crippen LogP contribution in [-0.4, -0.2) is 57.2 Å². The van der Waals surface area contributed by atoms with Crippen LogP contribution in [-0.2, 0) is 0 Å². The lowest BCUT2D eigenvalue weighted by Gasteiger charge is -2.20. The first-order chi connectivity index (χ1) is 13.4. The SMILES string of the molecule is COc1cc2nc(N(CCCN(C)C)C(=O)c3ccc(Cl)s3)sc2cc1OC. The van der Waals surface area contributed by atoms with Crippen molar-refractivity contribution in [1.82, 2.24) is 9.88 Å². The first-order valence-electron chi connectivity index (χ1n) is 8.67. The molecule has 0 saturated heterocycles. The van der Waals surface area contributed by atoms with Gasteiger partial charge in [0.15, 0.2) is 16.6 Å². The van der Waals surface area contributed by atoms with Gasteiger partial charge in [0.1, 0.15) is 0 Å². The van der Waals surface area contributed by atoms with Gasteiger partial charge >= 0.3 is 0 Å². The van der Waals surface area contributed by atoms with Crippen LogP contribution in [0, 0.1) is 0 Å². The predicted molar refractivity (Wildman–Crippen MR) is 117 cm³/mol. The maximum atomic E-state index is 13.1. The van der Waals surface area contributed by atoms with Crippen LogP contribution in [0.3, 0.4) is 0 Å². The van der Waals surface area contributed by atoms with Gasteiger partial charge in [-0.05, 0) is 39.2 Å². The second kappa shape index (κ2) is 9.09. The molecule has 2 aromatic heterocycles. The fourth-order valence-electron chi connectivity index (χ4n) is 2.75. The molecule has 0 bridgehead atoms. The second-order valence-corrected chi connectivity index (χ2v) is 9.11. The Morgan fingerprint density at radius 3 is 2.43 bits per heavy atom. The molecule has 28 heavy (non-hydrogen) atoms. The van der Waals surface area contributed by atoms with Crippen molar-refractivity contribution in [3.8, 4) is 11.5 Å². The number of thiazole rings is 1. The summed E-state index contributed by atoms with van der Waals surface area (Å²) in [6.45, 7) is 1.45. The van der Waals surface area contributed by atoms with Gasteiger partial charge in [0, 0.05) is 18.7 Å². The van der Waals surface area contributed by atoms with E-state index in [9.17, 15) is 4.79 Å². The summed E-state index contributed by atoms with van der Waals surface area (Å²) in [6.07, 6.45) is 0.834. The maximum absolute atomic E-state index is 13.1. The number of thiophene rings is 1. The van der Waals surface area contributed by atoms with Crippen LogP contribution in [0.5, 0.6) is 11.5 Å². The molecule has 150 valence electrons. The van der Waals surface area contributed by atoms with E-state index < -0.39 is 0 Å². The van der Waals surface area contributed by atoms with E-state index in [4.69, 9.17) is 26.1 Å². The van der Waals surface area contributed by atoms with E-state index in [1.165, 1.54) is 22.7 Å². The van der Waals surface area contributed by atoms with Crippen molar-refractivity contribution in [2.45, 2.75) is 6.42 Å². The predicted octanol–water partition coefficient (Wildman–Crippen LogP) is 4.63. The third-order valence-electron chi connectivity index (χ3n) is 4.13. The van der Waals surface area contributed by atoms with Crippen LogP contribution in [0.15, 0.2) is 24.3 Å². The molecule has 9 heteroatoms. The van der Waals surface area contributed by atoms with Crippen LogP contribution >= 0.6 is 34.3 Å². The highest BCUT2D eigenvalue weighted by Crippen LogP contribution is 2.38. The number of hydrogen-bond donors (Lipinski definition) is 0. The van der Waals surface area contributed by atoms with Gasteiger partial charge in [-0.15, -0.1) is 11.3 Å². The summed E-state index contributed by atoms with van der Waals surface area (Å²) in [4.78, 5) is 22.3. The lowest BCUT2D eigenvalue weighted by molar-refractivity contribution is 0.0990. The van der Waals surface area contributed by atoms with Crippen LogP contribution in [0.4, 0.5) is 5.13 Å². The molecule has 6 nitrogen and oxygen atoms in total. The Hall–Kier alpha value is -1.87. The van der Waals surface area contributed by atoms with Crippen molar-refractivity contribution in [1.29, 1.82) is 0 Å². The van der Waals surface area contributed by atoms with E-state index in [0.717, 1.165) is 23.2 Å². The summed E-state index contributed by atoms with van der Waals surface area (Å²) in [7, 11) is 7.22. The smallest absolute Gasteiger partial charge is 0.270 e. The van der Waals surface area contributed by atoms with Crippen molar-refractivity contribution >= 4 is 55.5 Å². The quantitative estimate of drug-likeness (QED) is 0.512. The van der Waals surface area contributed by atoms with Gasteiger partial charge in [-0.2, -0.15) is 0 Å². The Morgan fingerprint density at radius 1 is 1.11 bits per heavy atom. The Bertz CT molecular complexity index is 930. The van der Waals surface area contributed by atoms with Gasteiger partial charge in [0.2, 0.25) is 0 Å². The largest absolute Gasteiger partial charge is 0.493 e. The number of carbonyl (C=O) groups excluding carboxylic acids is 1. The minimum atomic E-state index is -0.0892. The first-order valence-corrected chi connectivity index (χ1v) is 10.7. The fourth-order valence-corrected chi connectivity index (χ4v) is 4.74. The van der Waals surface area contributed by atoms with Gasteiger partial charge in [-0.25, -0.2) is 4.98 Å². The molecule has 0 spiro atoms. The van der Waals surface area contributed by atoms with E-state index in [1.807, 2.05) is 26.2 Å². The molecule has 0 aliphatic carbocycles. The summed E-state index contributed by atoms with van der Waals surface area (Å²) in [6, 6.07) is 7.22. The molecule has 0 aliphatic heterocycles. The molecule has 3 rings (SSSR count). The van der Waals surface area contributed by atoms with Crippen molar-refractivity contribution < 1.29 is 14.3 Å². The third-order valence-corrected chi connectivity index (χ3v) is 6.39. The highest BCUT2D eigenvalue weighted by molar-refractivity contribution is 7.22. The lowest BCUT2D eigenvalue weighted by atomic mass is 10.3. The summed E-state index contributed by atoms with van der Waals surface area (Å²) in [5.74, 6) is 1.16. The molecule has 0 saturated carbocycles. The molecular weight excluding hydrogens is 418 g/mol. The summed E-state index contributed by atoms with van der Waals surface area (Å²) < 4.78 is 12.3. The van der Waals surface area contributed by atoms with Crippen LogP contribution in [0.2, 0.25) is 4.34 Å². The maximum Gasteiger partial charge on any atom is 0.270 e. The Labute approximate surface area is 177 Å². The van der Waals surface area contributed by atoms with Crippen LogP contribution < -0.4 is 14.4 Å². The van der Waals surface area contributed by atoms with Crippen molar-refractivity contribution in [2.75, 3.05) is 46.3 Å². The molecule has 0 aliphatic rings. The molecule has 0 fully saturated rings. The number of methoxy groups -OCH3 is 2. The zero-order chi connectivity index (χ0) is 20.3. The van der Waals surface area contributed by atoms with Crippen LogP contribution in [0.1, 0.15) is 16.1 Å². The minimum Gasteiger partial charge on any atom is -0.493 e. The molecule has 1 amide bonds. The second-order valence-electron chi connectivity index (χ2n) is 6.39. The van der Waals surface area contributed by atoms with Gasteiger partial charge in [0.25, 0.3) is 5.91 Å². The van der Waals surface area contributed by atoms with Crippen molar-refractivity contribution in [3.05, 3.63) is 33.5 Å². The zero-order valence-corrected chi connectivity index (χ0v) is 18.6. The normalized spacial score (nSPS) is 11.2. The summed E-state index contributed by atoms with van der Waals surface area (Å²) in [5, 5.41) is 0.651. The van der Waals surface area contributed by atoms with E-state index >= 15 is 0 Å². The number of ether oxygens (including phenoxy) is 2. The number of aromatic nitrogens is 1. The Kier molecular flexibility index (Phi) is 6.77. The van der Waals surface area contributed by atoms with Gasteiger partial charge in [-0.1, -0.05) is 22.9 Å². The Morgan fingerprint density at radius 2 is 1.82 bits per heavy atom. The number of amides is 1. The van der Waals surface area contributed by atoms with E-state index in [2.05, 4.69) is 4.90 Å². The molecule has 0 atom stereocenters. The number of benzene rings is 1. The number of fused-ring (bicyclic) bond motifs is 1. The molecular formula is C19H22ClN3O3S2. The van der Waals surface area contributed by atoms with Gasteiger partial charge < -0.3 is 14.4 Å². The summed E-state index contributed by atoms with van der Waals surface area (Å²) >= 11 is 8.77. The highest BCUT2D eigenvalue weighted by atomic mass is 35.5. The van der Waals surface area contributed by atoms with E-state index in [-0.39, 0.29) is 5.91 Å².